The molecule has 0 N–H and O–H groups in total. The van der Waals surface area contributed by atoms with Crippen LogP contribution in [0.15, 0.2) is 29.2 Å². The predicted molar refractivity (Wildman–Crippen MR) is 98.2 cm³/mol. The number of carbonyl (C=O) groups excluding carboxylic acids is 1. The van der Waals surface area contributed by atoms with E-state index in [0.717, 1.165) is 29.7 Å². The number of aryl methyl sites for hydroxylation is 1. The third-order valence-corrected chi connectivity index (χ3v) is 7.07. The molecule has 1 saturated carbocycles. The number of piperidine rings is 1. The van der Waals surface area contributed by atoms with E-state index in [0.29, 0.717) is 25.9 Å². The summed E-state index contributed by atoms with van der Waals surface area (Å²) in [7, 11) is -3.51. The number of benzene rings is 1. The first-order valence-electron chi connectivity index (χ1n) is 9.62. The fraction of sp³-hybridized carbons (Fsp3) is 0.632. The first-order chi connectivity index (χ1) is 13.2. The van der Waals surface area contributed by atoms with Crippen molar-refractivity contribution in [3.05, 3.63) is 29.8 Å². The van der Waals surface area contributed by atoms with Gasteiger partial charge in [-0.3, -0.25) is 4.79 Å². The van der Waals surface area contributed by atoms with Crippen molar-refractivity contribution in [1.82, 2.24) is 9.21 Å². The number of hydrogen-bond acceptors (Lipinski definition) is 3. The van der Waals surface area contributed by atoms with Gasteiger partial charge in [-0.2, -0.15) is 17.5 Å². The minimum Gasteiger partial charge on any atom is -0.331 e. The first kappa shape index (κ1) is 21.1. The fourth-order valence-electron chi connectivity index (χ4n) is 3.48. The van der Waals surface area contributed by atoms with Crippen LogP contribution in [0.25, 0.3) is 0 Å². The molecule has 156 valence electrons. The molecule has 0 atom stereocenters. The van der Waals surface area contributed by atoms with Crippen molar-refractivity contribution >= 4 is 15.9 Å². The van der Waals surface area contributed by atoms with Gasteiger partial charge in [0.1, 0.15) is 6.54 Å². The lowest BCUT2D eigenvalue weighted by molar-refractivity contribution is -0.162. The maximum atomic E-state index is 12.7. The zero-order chi connectivity index (χ0) is 20.4. The molecule has 1 aliphatic carbocycles. The van der Waals surface area contributed by atoms with Gasteiger partial charge in [0.05, 0.1) is 4.90 Å². The zero-order valence-corrected chi connectivity index (χ0v) is 16.4. The van der Waals surface area contributed by atoms with Crippen molar-refractivity contribution in [2.45, 2.75) is 62.1 Å². The second-order valence-corrected chi connectivity index (χ2v) is 9.41. The predicted octanol–water partition coefficient (Wildman–Crippen LogP) is 3.35. The normalized spacial score (nSPS) is 18.8. The van der Waals surface area contributed by atoms with Crippen LogP contribution in [0.4, 0.5) is 13.2 Å². The van der Waals surface area contributed by atoms with Crippen molar-refractivity contribution in [1.29, 1.82) is 0 Å². The summed E-state index contributed by atoms with van der Waals surface area (Å²) in [5, 5.41) is 0. The van der Waals surface area contributed by atoms with Gasteiger partial charge in [0, 0.05) is 25.6 Å². The van der Waals surface area contributed by atoms with E-state index < -0.39 is 28.7 Å². The quantitative estimate of drug-likeness (QED) is 0.682. The molecule has 2 aliphatic rings. The highest BCUT2D eigenvalue weighted by molar-refractivity contribution is 7.89. The molecular weight excluding hydrogens is 393 g/mol. The topological polar surface area (TPSA) is 57.7 Å². The Morgan fingerprint density at radius 2 is 1.68 bits per heavy atom. The molecule has 3 rings (SSSR count). The van der Waals surface area contributed by atoms with E-state index in [2.05, 4.69) is 0 Å². The van der Waals surface area contributed by atoms with Crippen LogP contribution < -0.4 is 0 Å². The summed E-state index contributed by atoms with van der Waals surface area (Å²) in [5.41, 5.74) is 0.730. The van der Waals surface area contributed by atoms with Crippen LogP contribution in [-0.2, 0) is 21.2 Å². The van der Waals surface area contributed by atoms with Crippen LogP contribution in [0.2, 0.25) is 0 Å². The molecule has 0 spiro atoms. The molecule has 1 aliphatic heterocycles. The van der Waals surface area contributed by atoms with Gasteiger partial charge in [0.25, 0.3) is 0 Å². The molecule has 1 amide bonds. The van der Waals surface area contributed by atoms with Crippen LogP contribution in [0.5, 0.6) is 0 Å². The van der Waals surface area contributed by atoms with Crippen LogP contribution in [0.1, 0.15) is 44.1 Å². The van der Waals surface area contributed by atoms with Gasteiger partial charge >= 0.3 is 6.18 Å². The summed E-state index contributed by atoms with van der Waals surface area (Å²) in [6.07, 6.45) is -0.165. The second kappa shape index (κ2) is 8.41. The van der Waals surface area contributed by atoms with E-state index in [1.54, 1.807) is 12.1 Å². The number of halogens is 3. The zero-order valence-electron chi connectivity index (χ0n) is 15.6. The Morgan fingerprint density at radius 3 is 2.21 bits per heavy atom. The van der Waals surface area contributed by atoms with E-state index in [9.17, 15) is 26.4 Å². The Balaban J connectivity index is 1.59. The van der Waals surface area contributed by atoms with Gasteiger partial charge in [-0.15, -0.1) is 0 Å². The Morgan fingerprint density at radius 1 is 1.07 bits per heavy atom. The molecule has 1 saturated heterocycles. The highest BCUT2D eigenvalue weighted by Gasteiger charge is 2.40. The minimum absolute atomic E-state index is 0.0230. The molecule has 0 unspecified atom stereocenters. The van der Waals surface area contributed by atoms with Gasteiger partial charge in [0.2, 0.25) is 15.9 Å². The van der Waals surface area contributed by atoms with Crippen molar-refractivity contribution < 1.29 is 26.4 Å². The molecule has 1 aromatic rings. The third kappa shape index (κ3) is 5.47. The highest BCUT2D eigenvalue weighted by Crippen LogP contribution is 2.31. The van der Waals surface area contributed by atoms with Crippen LogP contribution in [0, 0.1) is 0 Å². The fourth-order valence-corrected chi connectivity index (χ4v) is 4.99. The van der Waals surface area contributed by atoms with Crippen molar-refractivity contribution in [3.63, 3.8) is 0 Å². The summed E-state index contributed by atoms with van der Waals surface area (Å²) < 4.78 is 64.8. The molecule has 1 heterocycles. The molecule has 0 aromatic heterocycles. The lowest BCUT2D eigenvalue weighted by Crippen LogP contribution is -2.40. The Bertz CT molecular complexity index is 784. The average Bonchev–Trinajstić information content (AvgIpc) is 3.49. The van der Waals surface area contributed by atoms with Gasteiger partial charge in [-0.05, 0) is 49.8 Å². The van der Waals surface area contributed by atoms with E-state index in [1.165, 1.54) is 16.4 Å². The number of amides is 1. The van der Waals surface area contributed by atoms with E-state index in [1.807, 2.05) is 0 Å². The summed E-state index contributed by atoms with van der Waals surface area (Å²) in [5.74, 6) is -0.509. The molecule has 0 bridgehead atoms. The lowest BCUT2D eigenvalue weighted by atomic mass is 10.1. The number of rotatable bonds is 7. The average molecular weight is 418 g/mol. The van der Waals surface area contributed by atoms with Gasteiger partial charge in [0.15, 0.2) is 0 Å². The van der Waals surface area contributed by atoms with Crippen LogP contribution in [-0.4, -0.2) is 55.4 Å². The van der Waals surface area contributed by atoms with E-state index in [4.69, 9.17) is 0 Å². The summed E-state index contributed by atoms with van der Waals surface area (Å²) in [4.78, 5) is 13.4. The molecule has 28 heavy (non-hydrogen) atoms. The number of hydrogen-bond donors (Lipinski definition) is 0. The molecule has 2 fully saturated rings. The van der Waals surface area contributed by atoms with Crippen LogP contribution >= 0.6 is 0 Å². The maximum absolute atomic E-state index is 12.7. The SMILES string of the molecule is O=C(CCc1ccc(S(=O)(=O)N2CCCCC2)cc1)N(CC(F)(F)F)C1CC1. The maximum Gasteiger partial charge on any atom is 0.406 e. The summed E-state index contributed by atoms with van der Waals surface area (Å²) in [6, 6.07) is 5.99. The van der Waals surface area contributed by atoms with Gasteiger partial charge < -0.3 is 4.90 Å². The number of nitrogens with zero attached hydrogens (tertiary/aromatic N) is 2. The summed E-state index contributed by atoms with van der Waals surface area (Å²) in [6.45, 7) is -0.160. The Kier molecular flexibility index (Phi) is 6.34. The Hall–Kier alpha value is -1.61. The number of sulfonamides is 1. The van der Waals surface area contributed by atoms with Crippen molar-refractivity contribution in [3.8, 4) is 0 Å². The summed E-state index contributed by atoms with van der Waals surface area (Å²) >= 11 is 0. The minimum atomic E-state index is -4.40. The first-order valence-corrected chi connectivity index (χ1v) is 11.1. The molecule has 5 nitrogen and oxygen atoms in total. The highest BCUT2D eigenvalue weighted by atomic mass is 32.2. The number of carbonyl (C=O) groups is 1. The van der Waals surface area contributed by atoms with Crippen LogP contribution in [0.3, 0.4) is 0 Å². The molecule has 0 radical (unpaired) electrons. The van der Waals surface area contributed by atoms with Gasteiger partial charge in [-0.1, -0.05) is 18.6 Å². The molecule has 1 aromatic carbocycles. The molecular formula is C19H25F3N2O3S. The second-order valence-electron chi connectivity index (χ2n) is 7.48. The monoisotopic (exact) mass is 418 g/mol. The van der Waals surface area contributed by atoms with Crippen molar-refractivity contribution in [2.75, 3.05) is 19.6 Å². The van der Waals surface area contributed by atoms with Gasteiger partial charge in [-0.25, -0.2) is 8.42 Å². The van der Waals surface area contributed by atoms with E-state index in [-0.39, 0.29) is 23.8 Å². The standard InChI is InChI=1S/C19H25F3N2O3S/c20-19(21,22)14-24(16-7-8-16)18(25)11-6-15-4-9-17(10-5-15)28(26,27)23-12-2-1-3-13-23/h4-5,9-10,16H,1-3,6-8,11-14H2. The molecule has 9 heteroatoms. The van der Waals surface area contributed by atoms with E-state index >= 15 is 0 Å². The third-order valence-electron chi connectivity index (χ3n) is 5.16. The Labute approximate surface area is 163 Å². The number of alkyl halides is 3. The largest absolute Gasteiger partial charge is 0.406 e. The lowest BCUT2D eigenvalue weighted by Gasteiger charge is -2.26. The van der Waals surface area contributed by atoms with Crippen molar-refractivity contribution in [2.24, 2.45) is 0 Å². The smallest absolute Gasteiger partial charge is 0.331 e.